The molecule has 4 fully saturated rings. The van der Waals surface area contributed by atoms with Gasteiger partial charge in [-0.2, -0.15) is 0 Å². The van der Waals surface area contributed by atoms with Gasteiger partial charge in [0.1, 0.15) is 0 Å². The molecule has 4 rings (SSSR count). The van der Waals surface area contributed by atoms with Crippen molar-refractivity contribution in [3.8, 4) is 0 Å². The Morgan fingerprint density at radius 3 is 0.935 bits per heavy atom. The van der Waals surface area contributed by atoms with Crippen molar-refractivity contribution in [3.63, 3.8) is 0 Å². The molecule has 2 saturated carbocycles. The minimum absolute atomic E-state index is 0. The summed E-state index contributed by atoms with van der Waals surface area (Å²) < 4.78 is 0. The van der Waals surface area contributed by atoms with Gasteiger partial charge >= 0.3 is 17.1 Å². The third-order valence-corrected chi connectivity index (χ3v) is 17.6. The molecule has 2 heterocycles. The summed E-state index contributed by atoms with van der Waals surface area (Å²) in [5, 5.41) is 0. The average molecular weight is 511 g/mol. The van der Waals surface area contributed by atoms with Gasteiger partial charge in [0.15, 0.2) is 0 Å². The Bertz CT molecular complexity index is 373. The van der Waals surface area contributed by atoms with E-state index in [4.69, 9.17) is 0 Å². The van der Waals surface area contributed by atoms with Gasteiger partial charge in [-0.25, -0.2) is 0 Å². The first-order valence-electron chi connectivity index (χ1n) is 13.3. The maximum absolute atomic E-state index is 2.49. The van der Waals surface area contributed by atoms with Gasteiger partial charge < -0.3 is 14.9 Å². The van der Waals surface area contributed by atoms with Crippen LogP contribution in [-0.2, 0) is 17.1 Å². The van der Waals surface area contributed by atoms with Crippen molar-refractivity contribution in [1.82, 2.24) is 0 Å². The molecule has 0 aromatic rings. The molecule has 2 unspecified atom stereocenters. The minimum Gasteiger partial charge on any atom is -0.358 e. The molecule has 0 amide bonds. The van der Waals surface area contributed by atoms with E-state index >= 15 is 0 Å². The summed E-state index contributed by atoms with van der Waals surface area (Å²) in [4.78, 5) is 0. The normalized spacial score (nSPS) is 35.6. The van der Waals surface area contributed by atoms with Gasteiger partial charge in [0, 0.05) is 0 Å². The number of hydrogen-bond acceptors (Lipinski definition) is 0. The van der Waals surface area contributed by atoms with Crippen LogP contribution in [0.5, 0.6) is 0 Å². The third kappa shape index (κ3) is 7.95. The molecule has 0 nitrogen and oxygen atoms in total. The second kappa shape index (κ2) is 16.9. The minimum atomic E-state index is 0. The molecule has 0 spiro atoms. The molecule has 186 valence electrons. The number of hydrogen-bond donors (Lipinski definition) is 0. The zero-order chi connectivity index (χ0) is 19.9. The second-order valence-electron chi connectivity index (χ2n) is 10.1. The van der Waals surface area contributed by atoms with Crippen LogP contribution in [0.25, 0.3) is 0 Å². The van der Waals surface area contributed by atoms with Gasteiger partial charge in [-0.15, -0.1) is 0 Å². The van der Waals surface area contributed by atoms with Crippen LogP contribution in [0, 0.1) is 14.9 Å². The van der Waals surface area contributed by atoms with Crippen LogP contribution in [0.2, 0.25) is 0 Å². The van der Waals surface area contributed by atoms with Crippen molar-refractivity contribution in [1.29, 1.82) is 0 Å². The fraction of sp³-hybridized carbons (Fsp3) is 0.929. The van der Waals surface area contributed by atoms with Crippen LogP contribution in [-0.4, -0.2) is 34.0 Å². The summed E-state index contributed by atoms with van der Waals surface area (Å²) in [7, 11) is 0.679. The molecule has 2 aliphatic heterocycles. The molecule has 2 saturated heterocycles. The Labute approximate surface area is 211 Å². The molecular weight excluding hydrogens is 454 g/mol. The van der Waals surface area contributed by atoms with Gasteiger partial charge in [-0.3, -0.25) is 0 Å². The molecular formula is C28H56FeP2. The van der Waals surface area contributed by atoms with Crippen molar-refractivity contribution < 1.29 is 17.1 Å². The van der Waals surface area contributed by atoms with E-state index in [1.807, 2.05) is 0 Å². The Morgan fingerprint density at radius 2 is 0.710 bits per heavy atom. The van der Waals surface area contributed by atoms with E-state index in [1.165, 1.54) is 69.1 Å². The van der Waals surface area contributed by atoms with E-state index in [0.717, 1.165) is 22.6 Å². The van der Waals surface area contributed by atoms with E-state index < -0.39 is 0 Å². The Kier molecular flexibility index (Phi) is 17.7. The fourth-order valence-electron chi connectivity index (χ4n) is 7.21. The Hall–Kier alpha value is 1.38. The zero-order valence-electron chi connectivity index (χ0n) is 22.0. The van der Waals surface area contributed by atoms with Gasteiger partial charge in [-0.1, -0.05) is 82.1 Å². The topological polar surface area (TPSA) is 0 Å². The van der Waals surface area contributed by atoms with Gasteiger partial charge in [-0.05, 0) is 98.2 Å². The van der Waals surface area contributed by atoms with Crippen molar-refractivity contribution in [3.05, 3.63) is 14.9 Å². The first kappa shape index (κ1) is 32.4. The first-order chi connectivity index (χ1) is 13.7. The maximum Gasteiger partial charge on any atom is 2.00 e. The van der Waals surface area contributed by atoms with E-state index in [0.29, 0.717) is 15.8 Å². The second-order valence-corrected chi connectivity index (χ2v) is 16.2. The molecule has 6 atom stereocenters. The zero-order valence-corrected chi connectivity index (χ0v) is 24.9. The van der Waals surface area contributed by atoms with Gasteiger partial charge in [0.25, 0.3) is 0 Å². The summed E-state index contributed by atoms with van der Waals surface area (Å²) >= 11 is 0. The third-order valence-electron chi connectivity index (χ3n) is 8.70. The van der Waals surface area contributed by atoms with Crippen LogP contribution in [0.1, 0.15) is 130 Å². The van der Waals surface area contributed by atoms with Crippen LogP contribution in [0.4, 0.5) is 0 Å². The van der Waals surface area contributed by atoms with E-state index in [-0.39, 0.29) is 31.9 Å². The van der Waals surface area contributed by atoms with E-state index in [2.05, 4.69) is 27.7 Å². The standard InChI is InChI=1S/C21H40P2.C5H10.2CH3.Fe/c1-5-16-12-13-17(6-2)22(16)20-10-9-11-21(20)23-18(7-3)14-15-19(23)8-4;1-2-4-5-3-1;;;/h16-21H,5-15H2,1-4H3;1-5H2;2*1H3;/q;;2*-1;+2/t16-,17-,18-,19-,20?,21?;;;;/m0..../s1. The fourth-order valence-corrected chi connectivity index (χ4v) is 17.0. The molecule has 0 aromatic carbocycles. The number of rotatable bonds is 6. The summed E-state index contributed by atoms with van der Waals surface area (Å²) in [6.07, 6.45) is 24.6. The average Bonchev–Trinajstić information content (AvgIpc) is 3.52. The van der Waals surface area contributed by atoms with Crippen molar-refractivity contribution >= 4 is 15.8 Å². The SMILES string of the molecule is C1CCCC1.CC[C@H]1CC[C@H](CC)P1C1CCCC1P1[C@@H](CC)CC[C@@H]1CC.[CH3-].[CH3-].[Fe+2]. The Morgan fingerprint density at radius 1 is 0.452 bits per heavy atom. The largest absolute Gasteiger partial charge is 2.00 e. The molecule has 2 aliphatic carbocycles. The molecule has 3 heteroatoms. The summed E-state index contributed by atoms with van der Waals surface area (Å²) in [6, 6.07) is 0. The van der Waals surface area contributed by atoms with Crippen LogP contribution in [0.15, 0.2) is 0 Å². The van der Waals surface area contributed by atoms with Gasteiger partial charge in [0.05, 0.1) is 0 Å². The molecule has 4 aliphatic rings. The molecule has 0 aromatic heterocycles. The van der Waals surface area contributed by atoms with Crippen LogP contribution < -0.4 is 0 Å². The van der Waals surface area contributed by atoms with Crippen molar-refractivity contribution in [2.45, 2.75) is 164 Å². The Balaban J connectivity index is 0.000000995. The predicted molar refractivity (Wildman–Crippen MR) is 146 cm³/mol. The van der Waals surface area contributed by atoms with E-state index in [9.17, 15) is 0 Å². The summed E-state index contributed by atoms with van der Waals surface area (Å²) in [5.74, 6) is 0. The monoisotopic (exact) mass is 510 g/mol. The van der Waals surface area contributed by atoms with Crippen molar-refractivity contribution in [2.24, 2.45) is 0 Å². The van der Waals surface area contributed by atoms with E-state index in [1.54, 1.807) is 44.9 Å². The molecule has 0 radical (unpaired) electrons. The van der Waals surface area contributed by atoms with Gasteiger partial charge in [0.2, 0.25) is 0 Å². The van der Waals surface area contributed by atoms with Crippen molar-refractivity contribution in [2.75, 3.05) is 0 Å². The molecule has 0 bridgehead atoms. The smallest absolute Gasteiger partial charge is 0.358 e. The van der Waals surface area contributed by atoms with Crippen LogP contribution >= 0.6 is 15.8 Å². The van der Waals surface area contributed by atoms with Crippen LogP contribution in [0.3, 0.4) is 0 Å². The predicted octanol–water partition coefficient (Wildman–Crippen LogP) is 10.4. The molecule has 31 heavy (non-hydrogen) atoms. The molecule has 0 N–H and O–H groups in total. The quantitative estimate of drug-likeness (QED) is 0.189. The summed E-state index contributed by atoms with van der Waals surface area (Å²) in [6.45, 7) is 9.97. The summed E-state index contributed by atoms with van der Waals surface area (Å²) in [5.41, 5.74) is 6.93. The maximum atomic E-state index is 2.49. The first-order valence-corrected chi connectivity index (χ1v) is 16.4.